The summed E-state index contributed by atoms with van der Waals surface area (Å²) in [4.78, 5) is 12.6. The van der Waals surface area contributed by atoms with E-state index in [-0.39, 0.29) is 11.5 Å². The number of rotatable bonds is 4. The number of benzene rings is 3. The van der Waals surface area contributed by atoms with Crippen molar-refractivity contribution < 1.29 is 9.53 Å². The largest absolute Gasteiger partial charge is 0.457 e. The Balaban J connectivity index is 1.85. The van der Waals surface area contributed by atoms with Crippen molar-refractivity contribution in [3.05, 3.63) is 87.9 Å². The van der Waals surface area contributed by atoms with Crippen LogP contribution in [0.1, 0.15) is 15.9 Å². The fourth-order valence-electron chi connectivity index (χ4n) is 2.32. The van der Waals surface area contributed by atoms with Crippen LogP contribution in [0.3, 0.4) is 0 Å². The first-order valence-electron chi connectivity index (χ1n) is 7.63. The number of carbonyl (C=O) groups excluding carboxylic acids is 1. The highest BCUT2D eigenvalue weighted by Crippen LogP contribution is 2.29. The fourth-order valence-corrected chi connectivity index (χ4v) is 2.89. The van der Waals surface area contributed by atoms with Gasteiger partial charge < -0.3 is 10.1 Å². The van der Waals surface area contributed by atoms with Gasteiger partial charge in [0.2, 0.25) is 0 Å². The first kappa shape index (κ1) is 17.3. The van der Waals surface area contributed by atoms with Gasteiger partial charge in [0.15, 0.2) is 0 Å². The van der Waals surface area contributed by atoms with Crippen molar-refractivity contribution in [2.75, 3.05) is 5.32 Å². The van der Waals surface area contributed by atoms with Crippen LogP contribution in [0.2, 0.25) is 10.0 Å². The zero-order chi connectivity index (χ0) is 17.8. The highest BCUT2D eigenvalue weighted by atomic mass is 35.5. The predicted molar refractivity (Wildman–Crippen MR) is 102 cm³/mol. The number of hydrogen-bond donors (Lipinski definition) is 1. The van der Waals surface area contributed by atoms with Gasteiger partial charge in [0.25, 0.3) is 5.91 Å². The molecular weight excluding hydrogens is 357 g/mol. The molecule has 1 N–H and O–H groups in total. The molecule has 0 aliphatic carbocycles. The van der Waals surface area contributed by atoms with E-state index >= 15 is 0 Å². The maximum Gasteiger partial charge on any atom is 0.258 e. The summed E-state index contributed by atoms with van der Waals surface area (Å²) < 4.78 is 5.81. The summed E-state index contributed by atoms with van der Waals surface area (Å²) in [7, 11) is 0. The summed E-state index contributed by atoms with van der Waals surface area (Å²) in [5, 5.41) is 3.46. The molecule has 0 bridgehead atoms. The van der Waals surface area contributed by atoms with E-state index in [9.17, 15) is 4.79 Å². The Morgan fingerprint density at radius 3 is 2.24 bits per heavy atom. The molecule has 3 nitrogen and oxygen atoms in total. The second-order valence-corrected chi connectivity index (χ2v) is 6.26. The Labute approximate surface area is 156 Å². The van der Waals surface area contributed by atoms with Crippen molar-refractivity contribution >= 4 is 34.8 Å². The number of hydrogen-bond acceptors (Lipinski definition) is 2. The summed E-state index contributed by atoms with van der Waals surface area (Å²) in [6.45, 7) is 1.90. The zero-order valence-corrected chi connectivity index (χ0v) is 14.9. The molecule has 5 heteroatoms. The van der Waals surface area contributed by atoms with Crippen LogP contribution in [0.5, 0.6) is 11.5 Å². The number of ether oxygens (including phenoxy) is 1. The van der Waals surface area contributed by atoms with Crippen molar-refractivity contribution in [2.24, 2.45) is 0 Å². The quantitative estimate of drug-likeness (QED) is 0.580. The Kier molecular flexibility index (Phi) is 5.27. The van der Waals surface area contributed by atoms with Gasteiger partial charge in [-0.3, -0.25) is 4.79 Å². The molecule has 126 valence electrons. The van der Waals surface area contributed by atoms with Crippen LogP contribution < -0.4 is 10.1 Å². The van der Waals surface area contributed by atoms with E-state index in [1.807, 2.05) is 49.4 Å². The summed E-state index contributed by atoms with van der Waals surface area (Å²) in [5.41, 5.74) is 1.78. The van der Waals surface area contributed by atoms with Crippen molar-refractivity contribution in [2.45, 2.75) is 6.92 Å². The molecule has 0 heterocycles. The molecule has 3 aromatic rings. The normalized spacial score (nSPS) is 10.4. The third kappa shape index (κ3) is 4.13. The molecule has 0 spiro atoms. The highest BCUT2D eigenvalue weighted by Gasteiger charge is 2.15. The smallest absolute Gasteiger partial charge is 0.258 e. The van der Waals surface area contributed by atoms with Crippen LogP contribution in [0.25, 0.3) is 0 Å². The second kappa shape index (κ2) is 7.60. The summed E-state index contributed by atoms with van der Waals surface area (Å²) in [6.07, 6.45) is 0. The molecule has 3 aromatic carbocycles. The van der Waals surface area contributed by atoms with E-state index in [1.54, 1.807) is 24.3 Å². The van der Waals surface area contributed by atoms with E-state index in [1.165, 1.54) is 0 Å². The fraction of sp³-hybridized carbons (Fsp3) is 0.0500. The molecule has 0 saturated carbocycles. The van der Waals surface area contributed by atoms with Gasteiger partial charge in [-0.1, -0.05) is 53.5 Å². The summed E-state index contributed by atoms with van der Waals surface area (Å²) in [6, 6.07) is 19.9. The van der Waals surface area contributed by atoms with Crippen LogP contribution in [0.15, 0.2) is 66.7 Å². The number of para-hydroxylation sites is 1. The minimum atomic E-state index is -0.365. The molecule has 25 heavy (non-hydrogen) atoms. The highest BCUT2D eigenvalue weighted by molar-refractivity contribution is 6.40. The zero-order valence-electron chi connectivity index (χ0n) is 13.4. The summed E-state index contributed by atoms with van der Waals surface area (Å²) >= 11 is 12.2. The van der Waals surface area contributed by atoms with Crippen molar-refractivity contribution in [1.29, 1.82) is 0 Å². The van der Waals surface area contributed by atoms with Crippen LogP contribution in [0, 0.1) is 6.92 Å². The van der Waals surface area contributed by atoms with Crippen LogP contribution in [0.4, 0.5) is 5.69 Å². The van der Waals surface area contributed by atoms with Gasteiger partial charge in [-0.25, -0.2) is 0 Å². The predicted octanol–water partition coefficient (Wildman–Crippen LogP) is 6.35. The lowest BCUT2D eigenvalue weighted by Crippen LogP contribution is -2.14. The third-order valence-electron chi connectivity index (χ3n) is 3.63. The van der Waals surface area contributed by atoms with Gasteiger partial charge in [0.05, 0.1) is 15.6 Å². The number of anilines is 1. The van der Waals surface area contributed by atoms with Crippen LogP contribution in [-0.4, -0.2) is 5.91 Å². The maximum atomic E-state index is 12.6. The molecule has 0 aliphatic heterocycles. The van der Waals surface area contributed by atoms with Gasteiger partial charge in [0.1, 0.15) is 11.5 Å². The van der Waals surface area contributed by atoms with Crippen LogP contribution in [-0.2, 0) is 0 Å². The van der Waals surface area contributed by atoms with Crippen molar-refractivity contribution in [1.82, 2.24) is 0 Å². The lowest BCUT2D eigenvalue weighted by molar-refractivity contribution is 0.102. The van der Waals surface area contributed by atoms with E-state index in [4.69, 9.17) is 27.9 Å². The molecule has 0 radical (unpaired) electrons. The molecule has 0 fully saturated rings. The average Bonchev–Trinajstić information content (AvgIpc) is 2.59. The van der Waals surface area contributed by atoms with E-state index in [2.05, 4.69) is 5.32 Å². The molecule has 0 atom stereocenters. The molecular formula is C20H15Cl2NO2. The number of amides is 1. The average molecular weight is 372 g/mol. The topological polar surface area (TPSA) is 38.3 Å². The van der Waals surface area contributed by atoms with E-state index in [0.29, 0.717) is 21.5 Å². The van der Waals surface area contributed by atoms with Gasteiger partial charge in [-0.15, -0.1) is 0 Å². The number of aryl methyl sites for hydroxylation is 1. The maximum absolute atomic E-state index is 12.6. The molecule has 0 saturated heterocycles. The minimum absolute atomic E-state index is 0.250. The molecule has 1 amide bonds. The standard InChI is InChI=1S/C20H15Cl2NO2/c1-13-10-11-15(25-14-6-3-2-4-7-14)12-18(13)23-20(24)19-16(21)8-5-9-17(19)22/h2-12H,1H3,(H,23,24). The van der Waals surface area contributed by atoms with Crippen molar-refractivity contribution in [3.63, 3.8) is 0 Å². The Morgan fingerprint density at radius 2 is 1.56 bits per heavy atom. The van der Waals surface area contributed by atoms with Gasteiger partial charge in [0, 0.05) is 11.8 Å². The molecule has 0 aromatic heterocycles. The first-order chi connectivity index (χ1) is 12.0. The van der Waals surface area contributed by atoms with Gasteiger partial charge in [-0.2, -0.15) is 0 Å². The second-order valence-electron chi connectivity index (χ2n) is 5.44. The Hall–Kier alpha value is -2.49. The lowest BCUT2D eigenvalue weighted by Gasteiger charge is -2.13. The van der Waals surface area contributed by atoms with E-state index < -0.39 is 0 Å². The first-order valence-corrected chi connectivity index (χ1v) is 8.39. The molecule has 0 aliphatic rings. The SMILES string of the molecule is Cc1ccc(Oc2ccccc2)cc1NC(=O)c1c(Cl)cccc1Cl. The number of nitrogens with one attached hydrogen (secondary N) is 1. The third-order valence-corrected chi connectivity index (χ3v) is 4.26. The van der Waals surface area contributed by atoms with E-state index in [0.717, 1.165) is 11.3 Å². The Bertz CT molecular complexity index is 891. The summed E-state index contributed by atoms with van der Waals surface area (Å²) in [5.74, 6) is 0.977. The van der Waals surface area contributed by atoms with Gasteiger partial charge in [-0.05, 0) is 42.8 Å². The van der Waals surface area contributed by atoms with Gasteiger partial charge >= 0.3 is 0 Å². The van der Waals surface area contributed by atoms with Crippen molar-refractivity contribution in [3.8, 4) is 11.5 Å². The molecule has 3 rings (SSSR count). The minimum Gasteiger partial charge on any atom is -0.457 e. The molecule has 0 unspecified atom stereocenters. The number of carbonyl (C=O) groups is 1. The lowest BCUT2D eigenvalue weighted by atomic mass is 10.1. The monoisotopic (exact) mass is 371 g/mol. The number of halogens is 2. The Morgan fingerprint density at radius 1 is 0.880 bits per heavy atom. The van der Waals surface area contributed by atoms with Crippen LogP contribution >= 0.6 is 23.2 Å².